The molecule has 4 amide bonds. The van der Waals surface area contributed by atoms with Crippen LogP contribution in [0.4, 0.5) is 10.5 Å². The lowest BCUT2D eigenvalue weighted by Gasteiger charge is -2.28. The van der Waals surface area contributed by atoms with Gasteiger partial charge in [0.15, 0.2) is 18.1 Å². The van der Waals surface area contributed by atoms with E-state index < -0.39 is 36.5 Å². The molecule has 2 aromatic rings. The molecule has 2 atom stereocenters. The molecule has 13 heteroatoms. The molecular formula is C28H30N6O7. The van der Waals surface area contributed by atoms with E-state index in [1.807, 2.05) is 18.2 Å². The molecule has 0 spiro atoms. The van der Waals surface area contributed by atoms with Crippen LogP contribution in [0.25, 0.3) is 0 Å². The standard InChI is InChI=1S/C28H30N6O7/c1-5-40-27(37)24-17(3)30-28(38)31-25(24)18-11-12-21(22(13-18)39-4)41-15-23(35)32-29-14-20-16(2)33-34(26(20)36)19-9-7-6-8-10-19/h6-14,20,25H,5,15H2,1-4H3,(H,32,35)(H2,30,31,38)/b29-14-/t20-,25+/m0/s1. The number of methoxy groups -OCH3 is 1. The Hall–Kier alpha value is -5.20. The molecule has 214 valence electrons. The summed E-state index contributed by atoms with van der Waals surface area (Å²) in [6.45, 7) is 4.79. The highest BCUT2D eigenvalue weighted by Gasteiger charge is 2.34. The van der Waals surface area contributed by atoms with Gasteiger partial charge >= 0.3 is 12.0 Å². The maximum absolute atomic E-state index is 12.8. The third-order valence-electron chi connectivity index (χ3n) is 6.24. The average Bonchev–Trinajstić information content (AvgIpc) is 3.24. The summed E-state index contributed by atoms with van der Waals surface area (Å²) in [5.74, 6) is -1.60. The van der Waals surface area contributed by atoms with Crippen molar-refractivity contribution >= 4 is 41.4 Å². The van der Waals surface area contributed by atoms with Crippen molar-refractivity contribution in [1.29, 1.82) is 0 Å². The maximum Gasteiger partial charge on any atom is 0.338 e. The number of para-hydroxylation sites is 1. The van der Waals surface area contributed by atoms with Crippen LogP contribution in [0, 0.1) is 5.92 Å². The van der Waals surface area contributed by atoms with Gasteiger partial charge in [-0.3, -0.25) is 9.59 Å². The summed E-state index contributed by atoms with van der Waals surface area (Å²) in [6.07, 6.45) is 1.32. The van der Waals surface area contributed by atoms with E-state index in [2.05, 4.69) is 26.3 Å². The summed E-state index contributed by atoms with van der Waals surface area (Å²) in [4.78, 5) is 49.8. The minimum Gasteiger partial charge on any atom is -0.493 e. The zero-order chi connectivity index (χ0) is 29.5. The first-order chi connectivity index (χ1) is 19.7. The third-order valence-corrected chi connectivity index (χ3v) is 6.24. The van der Waals surface area contributed by atoms with E-state index in [9.17, 15) is 19.2 Å². The molecule has 2 aliphatic rings. The second kappa shape index (κ2) is 12.8. The molecule has 4 rings (SSSR count). The van der Waals surface area contributed by atoms with Crippen LogP contribution in [0.15, 0.2) is 70.0 Å². The van der Waals surface area contributed by atoms with Crippen molar-refractivity contribution in [1.82, 2.24) is 16.1 Å². The first-order valence-electron chi connectivity index (χ1n) is 12.8. The predicted octanol–water partition coefficient (Wildman–Crippen LogP) is 2.41. The van der Waals surface area contributed by atoms with E-state index in [0.29, 0.717) is 22.7 Å². The molecule has 3 N–H and O–H groups in total. The quantitative estimate of drug-likeness (QED) is 0.228. The van der Waals surface area contributed by atoms with Crippen molar-refractivity contribution in [2.45, 2.75) is 26.8 Å². The van der Waals surface area contributed by atoms with Gasteiger partial charge in [-0.05, 0) is 50.6 Å². The fraction of sp³-hybridized carbons (Fsp3) is 0.286. The Bertz CT molecular complexity index is 1440. The topological polar surface area (TPSA) is 160 Å². The number of hydrazone groups is 2. The molecule has 2 aromatic carbocycles. The van der Waals surface area contributed by atoms with E-state index in [0.717, 1.165) is 0 Å². The van der Waals surface area contributed by atoms with Crippen LogP contribution in [-0.2, 0) is 19.1 Å². The monoisotopic (exact) mass is 562 g/mol. The lowest BCUT2D eigenvalue weighted by Crippen LogP contribution is -2.45. The number of allylic oxidation sites excluding steroid dienone is 1. The first-order valence-corrected chi connectivity index (χ1v) is 12.8. The van der Waals surface area contributed by atoms with Gasteiger partial charge in [-0.25, -0.2) is 15.0 Å². The van der Waals surface area contributed by atoms with E-state index >= 15 is 0 Å². The number of carbonyl (C=O) groups is 4. The van der Waals surface area contributed by atoms with E-state index in [4.69, 9.17) is 14.2 Å². The largest absolute Gasteiger partial charge is 0.493 e. The van der Waals surface area contributed by atoms with Gasteiger partial charge < -0.3 is 24.8 Å². The number of ether oxygens (including phenoxy) is 3. The summed E-state index contributed by atoms with van der Waals surface area (Å²) in [7, 11) is 1.42. The van der Waals surface area contributed by atoms with E-state index in [-0.39, 0.29) is 29.6 Å². The number of nitrogens with zero attached hydrogens (tertiary/aromatic N) is 3. The van der Waals surface area contributed by atoms with Gasteiger partial charge in [-0.2, -0.15) is 15.2 Å². The van der Waals surface area contributed by atoms with Crippen LogP contribution < -0.4 is 30.5 Å². The first kappa shape index (κ1) is 28.8. The average molecular weight is 563 g/mol. The third kappa shape index (κ3) is 6.52. The van der Waals surface area contributed by atoms with Crippen LogP contribution in [0.2, 0.25) is 0 Å². The fourth-order valence-corrected chi connectivity index (χ4v) is 4.27. The molecule has 0 aliphatic carbocycles. The number of rotatable bonds is 10. The molecule has 0 bridgehead atoms. The second-order valence-electron chi connectivity index (χ2n) is 9.01. The fourth-order valence-electron chi connectivity index (χ4n) is 4.27. The van der Waals surface area contributed by atoms with Crippen molar-refractivity contribution in [3.8, 4) is 11.5 Å². The number of carbonyl (C=O) groups excluding carboxylic acids is 4. The summed E-state index contributed by atoms with van der Waals surface area (Å²) in [6, 6.07) is 12.5. The lowest BCUT2D eigenvalue weighted by atomic mass is 9.95. The minimum atomic E-state index is -0.786. The lowest BCUT2D eigenvalue weighted by molar-refractivity contribution is -0.139. The highest BCUT2D eigenvalue weighted by molar-refractivity contribution is 6.23. The van der Waals surface area contributed by atoms with Crippen molar-refractivity contribution in [2.24, 2.45) is 16.1 Å². The molecule has 41 heavy (non-hydrogen) atoms. The molecule has 2 heterocycles. The zero-order valence-corrected chi connectivity index (χ0v) is 23.0. The normalized spacial score (nSPS) is 18.5. The summed E-state index contributed by atoms with van der Waals surface area (Å²) in [5, 5.41) is 14.8. The molecular weight excluding hydrogens is 532 g/mol. The van der Waals surface area contributed by atoms with E-state index in [1.54, 1.807) is 51.1 Å². The molecule has 0 fully saturated rings. The molecule has 0 saturated carbocycles. The molecule has 0 aromatic heterocycles. The van der Waals surface area contributed by atoms with Gasteiger partial charge in [-0.15, -0.1) is 0 Å². The highest BCUT2D eigenvalue weighted by atomic mass is 16.5. The second-order valence-corrected chi connectivity index (χ2v) is 9.01. The van der Waals surface area contributed by atoms with Gasteiger partial charge in [0.25, 0.3) is 11.8 Å². The number of amides is 4. The molecule has 0 radical (unpaired) electrons. The van der Waals surface area contributed by atoms with E-state index in [1.165, 1.54) is 18.3 Å². The molecule has 0 saturated heterocycles. The molecule has 13 nitrogen and oxygen atoms in total. The number of benzene rings is 2. The van der Waals surface area contributed by atoms with Crippen molar-refractivity contribution in [3.05, 3.63) is 65.4 Å². The number of hydrogen-bond acceptors (Lipinski definition) is 9. The van der Waals surface area contributed by atoms with Crippen LogP contribution in [0.5, 0.6) is 11.5 Å². The highest BCUT2D eigenvalue weighted by Crippen LogP contribution is 2.34. The number of urea groups is 1. The number of nitrogens with one attached hydrogen (secondary N) is 3. The van der Waals surface area contributed by atoms with Gasteiger partial charge in [0.1, 0.15) is 5.92 Å². The molecule has 0 unspecified atom stereocenters. The minimum absolute atomic E-state index is 0.175. The smallest absolute Gasteiger partial charge is 0.338 e. The van der Waals surface area contributed by atoms with Gasteiger partial charge in [0.05, 0.1) is 36.7 Å². The predicted molar refractivity (Wildman–Crippen MR) is 149 cm³/mol. The molecule has 2 aliphatic heterocycles. The summed E-state index contributed by atoms with van der Waals surface area (Å²) >= 11 is 0. The number of esters is 1. The Labute approximate surface area is 236 Å². The van der Waals surface area contributed by atoms with Crippen LogP contribution in [0.3, 0.4) is 0 Å². The van der Waals surface area contributed by atoms with Gasteiger partial charge in [0, 0.05) is 11.9 Å². The van der Waals surface area contributed by atoms with Crippen molar-refractivity contribution in [3.63, 3.8) is 0 Å². The van der Waals surface area contributed by atoms with Crippen LogP contribution in [0.1, 0.15) is 32.4 Å². The Kier molecular flexibility index (Phi) is 8.97. The van der Waals surface area contributed by atoms with Crippen LogP contribution in [-0.4, -0.2) is 56.1 Å². The van der Waals surface area contributed by atoms with Crippen LogP contribution >= 0.6 is 0 Å². The Morgan fingerprint density at radius 1 is 1.12 bits per heavy atom. The van der Waals surface area contributed by atoms with Gasteiger partial charge in [-0.1, -0.05) is 24.3 Å². The summed E-state index contributed by atoms with van der Waals surface area (Å²) < 4.78 is 16.2. The van der Waals surface area contributed by atoms with Crippen molar-refractivity contribution in [2.75, 3.05) is 25.3 Å². The maximum atomic E-state index is 12.8. The van der Waals surface area contributed by atoms with Crippen molar-refractivity contribution < 1.29 is 33.4 Å². The number of hydrogen-bond donors (Lipinski definition) is 3. The summed E-state index contributed by atoms with van der Waals surface area (Å²) in [5.41, 5.74) is 4.70. The zero-order valence-electron chi connectivity index (χ0n) is 23.0. The Morgan fingerprint density at radius 2 is 1.88 bits per heavy atom. The Morgan fingerprint density at radius 3 is 2.59 bits per heavy atom. The SMILES string of the molecule is CCOC(=O)C1=C(C)NC(=O)N[C@@H]1c1ccc(OCC(=O)N/N=C\[C@@H]2C(=O)N(c3ccccc3)N=C2C)c(OC)c1. The number of anilines is 1. The van der Waals surface area contributed by atoms with Gasteiger partial charge in [0.2, 0.25) is 0 Å². The Balaban J connectivity index is 1.38.